The Labute approximate surface area is 119 Å². The van der Waals surface area contributed by atoms with E-state index in [1.165, 1.54) is 0 Å². The van der Waals surface area contributed by atoms with Crippen molar-refractivity contribution in [1.82, 2.24) is 19.1 Å². The second-order valence-corrected chi connectivity index (χ2v) is 6.18. The summed E-state index contributed by atoms with van der Waals surface area (Å²) in [7, 11) is 0. The van der Waals surface area contributed by atoms with E-state index in [2.05, 4.69) is 37.7 Å². The van der Waals surface area contributed by atoms with Crippen LogP contribution in [0.1, 0.15) is 27.7 Å². The smallest absolute Gasteiger partial charge is 0.284 e. The minimum absolute atomic E-state index is 0.0712. The topological polar surface area (TPSA) is 42.5 Å². The lowest BCUT2D eigenvalue weighted by Gasteiger charge is -2.25. The van der Waals surface area contributed by atoms with Gasteiger partial charge < -0.3 is 0 Å². The summed E-state index contributed by atoms with van der Waals surface area (Å²) in [5.41, 5.74) is 0.629. The van der Waals surface area contributed by atoms with Gasteiger partial charge in [-0.2, -0.15) is 4.68 Å². The van der Waals surface area contributed by atoms with Crippen LogP contribution in [0.5, 0.6) is 0 Å². The maximum Gasteiger partial charge on any atom is 0.351 e. The van der Waals surface area contributed by atoms with Crippen LogP contribution in [-0.4, -0.2) is 32.2 Å². The molecule has 0 N–H and O–H groups in total. The number of rotatable bonds is 6. The Hall–Kier alpha value is -1.62. The van der Waals surface area contributed by atoms with E-state index >= 15 is 0 Å². The first-order chi connectivity index (χ1) is 9.47. The van der Waals surface area contributed by atoms with Gasteiger partial charge in [-0.3, -0.25) is 9.30 Å². The Bertz CT molecular complexity index is 602. The second kappa shape index (κ2) is 6.22. The summed E-state index contributed by atoms with van der Waals surface area (Å²) in [5, 5.41) is 4.39. The normalized spacial score (nSPS) is 12.2. The molecule has 20 heavy (non-hydrogen) atoms. The molecule has 0 aliphatic carbocycles. The highest BCUT2D eigenvalue weighted by Gasteiger charge is 2.13. The molecule has 5 nitrogen and oxygen atoms in total. The van der Waals surface area contributed by atoms with Crippen molar-refractivity contribution in [3.63, 3.8) is 0 Å². The Morgan fingerprint density at radius 2 is 1.80 bits per heavy atom. The number of fused-ring (bicyclic) bond motifs is 1. The largest absolute Gasteiger partial charge is 0.351 e. The predicted molar refractivity (Wildman–Crippen MR) is 80.7 cm³/mol. The molecule has 0 radical (unpaired) electrons. The summed E-state index contributed by atoms with van der Waals surface area (Å²) in [6, 6.07) is 5.60. The lowest BCUT2D eigenvalue weighted by atomic mass is 10.1. The molecule has 0 bridgehead atoms. The zero-order chi connectivity index (χ0) is 14.7. The SMILES string of the molecule is CC(C)CN(CC(C)C)Cn1nc2ccccn2c1=O. The Kier molecular flexibility index (Phi) is 4.60. The molecule has 0 amide bonds. The summed E-state index contributed by atoms with van der Waals surface area (Å²) >= 11 is 0. The molecule has 0 fully saturated rings. The van der Waals surface area contributed by atoms with Crippen LogP contribution in [0.15, 0.2) is 29.2 Å². The highest BCUT2D eigenvalue weighted by atomic mass is 16.2. The van der Waals surface area contributed by atoms with Crippen LogP contribution in [0.2, 0.25) is 0 Å². The minimum Gasteiger partial charge on any atom is -0.284 e. The number of aromatic nitrogens is 3. The van der Waals surface area contributed by atoms with Gasteiger partial charge in [0.15, 0.2) is 5.65 Å². The third-order valence-electron chi connectivity index (χ3n) is 3.07. The fraction of sp³-hybridized carbons (Fsp3) is 0.600. The molecule has 110 valence electrons. The number of hydrogen-bond donors (Lipinski definition) is 0. The van der Waals surface area contributed by atoms with Crippen molar-refractivity contribution in [1.29, 1.82) is 0 Å². The molecular formula is C15H24N4O. The van der Waals surface area contributed by atoms with E-state index in [4.69, 9.17) is 0 Å². The highest BCUT2D eigenvalue weighted by Crippen LogP contribution is 2.05. The van der Waals surface area contributed by atoms with Gasteiger partial charge in [-0.05, 0) is 24.0 Å². The number of nitrogens with zero attached hydrogens (tertiary/aromatic N) is 4. The maximum absolute atomic E-state index is 12.3. The maximum atomic E-state index is 12.3. The van der Waals surface area contributed by atoms with Gasteiger partial charge in [0.25, 0.3) is 0 Å². The molecule has 0 unspecified atom stereocenters. The van der Waals surface area contributed by atoms with Crippen LogP contribution < -0.4 is 5.69 Å². The molecule has 0 spiro atoms. The standard InChI is InChI=1S/C15H24N4O/c1-12(2)9-17(10-13(3)4)11-19-15(20)18-8-6-5-7-14(18)16-19/h5-8,12-13H,9-11H2,1-4H3. The van der Waals surface area contributed by atoms with Crippen LogP contribution in [0.4, 0.5) is 0 Å². The van der Waals surface area contributed by atoms with Crippen molar-refractivity contribution in [3.05, 3.63) is 34.9 Å². The zero-order valence-corrected chi connectivity index (χ0v) is 12.8. The molecule has 2 heterocycles. The minimum atomic E-state index is -0.0712. The molecule has 0 saturated heterocycles. The van der Waals surface area contributed by atoms with E-state index < -0.39 is 0 Å². The van der Waals surface area contributed by atoms with Gasteiger partial charge in [0.1, 0.15) is 0 Å². The van der Waals surface area contributed by atoms with Crippen molar-refractivity contribution in [2.24, 2.45) is 11.8 Å². The predicted octanol–water partition coefficient (Wildman–Crippen LogP) is 2.07. The third kappa shape index (κ3) is 3.48. The van der Waals surface area contributed by atoms with Gasteiger partial charge in [-0.1, -0.05) is 33.8 Å². The summed E-state index contributed by atoms with van der Waals surface area (Å²) in [6.45, 7) is 11.3. The average molecular weight is 276 g/mol. The first-order valence-electron chi connectivity index (χ1n) is 7.24. The molecule has 0 aliphatic heterocycles. The molecular weight excluding hydrogens is 252 g/mol. The van der Waals surface area contributed by atoms with Gasteiger partial charge in [-0.15, -0.1) is 5.10 Å². The third-order valence-corrected chi connectivity index (χ3v) is 3.07. The summed E-state index contributed by atoms with van der Waals surface area (Å²) in [5.74, 6) is 1.14. The lowest BCUT2D eigenvalue weighted by molar-refractivity contribution is 0.163. The van der Waals surface area contributed by atoms with Crippen LogP contribution in [0.25, 0.3) is 5.65 Å². The van der Waals surface area contributed by atoms with E-state index in [0.29, 0.717) is 24.2 Å². The van der Waals surface area contributed by atoms with Gasteiger partial charge in [0, 0.05) is 19.3 Å². The van der Waals surface area contributed by atoms with Crippen molar-refractivity contribution in [3.8, 4) is 0 Å². The van der Waals surface area contributed by atoms with E-state index in [9.17, 15) is 4.79 Å². The monoisotopic (exact) mass is 276 g/mol. The quantitative estimate of drug-likeness (QED) is 0.811. The molecule has 0 aromatic carbocycles. The van der Waals surface area contributed by atoms with E-state index in [-0.39, 0.29) is 5.69 Å². The van der Waals surface area contributed by atoms with Crippen molar-refractivity contribution in [2.75, 3.05) is 13.1 Å². The molecule has 2 aromatic heterocycles. The zero-order valence-electron chi connectivity index (χ0n) is 12.8. The van der Waals surface area contributed by atoms with Crippen molar-refractivity contribution >= 4 is 5.65 Å². The van der Waals surface area contributed by atoms with E-state index in [1.54, 1.807) is 15.3 Å². The van der Waals surface area contributed by atoms with E-state index in [0.717, 1.165) is 13.1 Å². The van der Waals surface area contributed by atoms with Crippen LogP contribution in [-0.2, 0) is 6.67 Å². The van der Waals surface area contributed by atoms with Gasteiger partial charge >= 0.3 is 5.69 Å². The summed E-state index contributed by atoms with van der Waals surface area (Å²) in [4.78, 5) is 14.6. The molecule has 0 saturated carbocycles. The Morgan fingerprint density at radius 1 is 1.15 bits per heavy atom. The van der Waals surface area contributed by atoms with Gasteiger partial charge in [0.05, 0.1) is 6.67 Å². The first-order valence-corrected chi connectivity index (χ1v) is 7.24. The van der Waals surface area contributed by atoms with Gasteiger partial charge in [-0.25, -0.2) is 4.79 Å². The van der Waals surface area contributed by atoms with Crippen LogP contribution in [0, 0.1) is 11.8 Å². The van der Waals surface area contributed by atoms with Crippen LogP contribution in [0.3, 0.4) is 0 Å². The molecule has 5 heteroatoms. The molecule has 2 rings (SSSR count). The highest BCUT2D eigenvalue weighted by molar-refractivity contribution is 5.35. The fourth-order valence-electron chi connectivity index (χ4n) is 2.47. The van der Waals surface area contributed by atoms with Crippen molar-refractivity contribution < 1.29 is 0 Å². The van der Waals surface area contributed by atoms with Gasteiger partial charge in [0.2, 0.25) is 0 Å². The summed E-state index contributed by atoms with van der Waals surface area (Å²) < 4.78 is 3.14. The Morgan fingerprint density at radius 3 is 2.35 bits per heavy atom. The first kappa shape index (κ1) is 14.8. The summed E-state index contributed by atoms with van der Waals surface area (Å²) in [6.07, 6.45) is 1.76. The van der Waals surface area contributed by atoms with Crippen molar-refractivity contribution in [2.45, 2.75) is 34.4 Å². The Balaban J connectivity index is 2.23. The number of hydrogen-bond acceptors (Lipinski definition) is 3. The molecule has 0 atom stereocenters. The van der Waals surface area contributed by atoms with Crippen LogP contribution >= 0.6 is 0 Å². The lowest BCUT2D eigenvalue weighted by Crippen LogP contribution is -2.37. The van der Waals surface area contributed by atoms with E-state index in [1.807, 2.05) is 18.2 Å². The molecule has 0 aliphatic rings. The second-order valence-electron chi connectivity index (χ2n) is 6.18. The number of pyridine rings is 1. The molecule has 2 aromatic rings. The average Bonchev–Trinajstić information content (AvgIpc) is 2.65. The fourth-order valence-corrected chi connectivity index (χ4v) is 2.47.